The Hall–Kier alpha value is -2.09. The normalized spacial score (nSPS) is 10.5. The summed E-state index contributed by atoms with van der Waals surface area (Å²) in [6, 6.07) is 13.5. The standard InChI is InChI=1S/C15H14ClNO4S.C4H11N/c1-22(19,20)17-15(18)12-4-2-11(3-5-12)10-21-14-8-6-13(16)7-9-14;1-3-5-4-2/h2-9H,10H2,1H3,(H,17,18);5H,3-4H2,1-2H3. The van der Waals surface area contributed by atoms with E-state index in [0.29, 0.717) is 17.4 Å². The first-order valence-corrected chi connectivity index (χ1v) is 10.7. The van der Waals surface area contributed by atoms with Crippen LogP contribution in [0.1, 0.15) is 29.8 Å². The molecule has 0 bridgehead atoms. The van der Waals surface area contributed by atoms with E-state index in [2.05, 4.69) is 19.2 Å². The molecule has 0 radical (unpaired) electrons. The quantitative estimate of drug-likeness (QED) is 0.729. The summed E-state index contributed by atoms with van der Waals surface area (Å²) in [7, 11) is -3.57. The first-order chi connectivity index (χ1) is 12.7. The Morgan fingerprint density at radius 1 is 1.00 bits per heavy atom. The lowest BCUT2D eigenvalue weighted by Crippen LogP contribution is -2.29. The Balaban J connectivity index is 0.000000646. The van der Waals surface area contributed by atoms with Crippen molar-refractivity contribution >= 4 is 27.5 Å². The molecule has 2 rings (SSSR count). The Kier molecular flexibility index (Phi) is 9.85. The first-order valence-electron chi connectivity index (χ1n) is 8.45. The van der Waals surface area contributed by atoms with E-state index in [4.69, 9.17) is 16.3 Å². The van der Waals surface area contributed by atoms with Crippen LogP contribution in [0.2, 0.25) is 5.02 Å². The Morgan fingerprint density at radius 2 is 1.56 bits per heavy atom. The van der Waals surface area contributed by atoms with E-state index < -0.39 is 15.9 Å². The molecule has 1 amide bonds. The molecule has 8 heteroatoms. The van der Waals surface area contributed by atoms with Gasteiger partial charge in [0.15, 0.2) is 0 Å². The zero-order chi connectivity index (χ0) is 20.3. The van der Waals surface area contributed by atoms with Gasteiger partial charge in [0, 0.05) is 10.6 Å². The molecule has 0 saturated heterocycles. The van der Waals surface area contributed by atoms with Gasteiger partial charge in [-0.1, -0.05) is 37.6 Å². The summed E-state index contributed by atoms with van der Waals surface area (Å²) in [6.45, 7) is 6.72. The Labute approximate surface area is 165 Å². The highest BCUT2D eigenvalue weighted by molar-refractivity contribution is 7.89. The number of carbonyl (C=O) groups excluding carboxylic acids is 1. The fourth-order valence-electron chi connectivity index (χ4n) is 1.93. The van der Waals surface area contributed by atoms with Gasteiger partial charge in [0.05, 0.1) is 6.26 Å². The van der Waals surface area contributed by atoms with Gasteiger partial charge in [-0.25, -0.2) is 13.1 Å². The van der Waals surface area contributed by atoms with E-state index in [-0.39, 0.29) is 5.56 Å². The van der Waals surface area contributed by atoms with E-state index in [1.807, 2.05) is 4.72 Å². The van der Waals surface area contributed by atoms with Crippen LogP contribution in [0.4, 0.5) is 0 Å². The van der Waals surface area contributed by atoms with Crippen molar-refractivity contribution in [3.8, 4) is 5.75 Å². The topological polar surface area (TPSA) is 84.5 Å². The number of hydrogen-bond acceptors (Lipinski definition) is 5. The molecule has 0 heterocycles. The van der Waals surface area contributed by atoms with E-state index in [9.17, 15) is 13.2 Å². The number of halogens is 1. The second-order valence-electron chi connectivity index (χ2n) is 5.60. The molecule has 2 aromatic rings. The molecule has 0 atom stereocenters. The molecule has 27 heavy (non-hydrogen) atoms. The zero-order valence-corrected chi connectivity index (χ0v) is 17.2. The van der Waals surface area contributed by atoms with Crippen LogP contribution in [0.3, 0.4) is 0 Å². The number of hydrogen-bond donors (Lipinski definition) is 2. The number of sulfonamides is 1. The minimum absolute atomic E-state index is 0.265. The van der Waals surface area contributed by atoms with Crippen LogP contribution in [0.25, 0.3) is 0 Å². The van der Waals surface area contributed by atoms with Gasteiger partial charge in [0.2, 0.25) is 10.0 Å². The summed E-state index contributed by atoms with van der Waals surface area (Å²) in [5.74, 6) is 0.0240. The van der Waals surface area contributed by atoms with Gasteiger partial charge >= 0.3 is 0 Å². The lowest BCUT2D eigenvalue weighted by Gasteiger charge is -2.07. The maximum atomic E-state index is 11.6. The third-order valence-corrected chi connectivity index (χ3v) is 4.02. The van der Waals surface area contributed by atoms with Crippen LogP contribution < -0.4 is 14.8 Å². The Morgan fingerprint density at radius 3 is 2.00 bits per heavy atom. The Bertz CT molecular complexity index is 805. The van der Waals surface area contributed by atoms with Gasteiger partial charge in [-0.3, -0.25) is 4.79 Å². The molecule has 148 valence electrons. The molecule has 0 aromatic heterocycles. The van der Waals surface area contributed by atoms with Crippen LogP contribution in [-0.4, -0.2) is 33.7 Å². The number of ether oxygens (including phenoxy) is 1. The maximum Gasteiger partial charge on any atom is 0.264 e. The monoisotopic (exact) mass is 412 g/mol. The predicted molar refractivity (Wildman–Crippen MR) is 109 cm³/mol. The summed E-state index contributed by atoms with van der Waals surface area (Å²) in [5, 5.41) is 3.74. The van der Waals surface area contributed by atoms with E-state index >= 15 is 0 Å². The van der Waals surface area contributed by atoms with E-state index in [0.717, 1.165) is 24.9 Å². The smallest absolute Gasteiger partial charge is 0.264 e. The molecule has 0 unspecified atom stereocenters. The first kappa shape index (κ1) is 23.0. The maximum absolute atomic E-state index is 11.6. The minimum atomic E-state index is -3.57. The summed E-state index contributed by atoms with van der Waals surface area (Å²) in [5.41, 5.74) is 1.12. The van der Waals surface area contributed by atoms with Crippen LogP contribution in [0.15, 0.2) is 48.5 Å². The van der Waals surface area contributed by atoms with Crippen molar-refractivity contribution in [1.29, 1.82) is 0 Å². The molecule has 0 spiro atoms. The van der Waals surface area contributed by atoms with Crippen LogP contribution >= 0.6 is 11.6 Å². The van der Waals surface area contributed by atoms with Crippen molar-refractivity contribution in [2.75, 3.05) is 19.3 Å². The highest BCUT2D eigenvalue weighted by Crippen LogP contribution is 2.17. The molecule has 0 aliphatic carbocycles. The van der Waals surface area contributed by atoms with Gasteiger partial charge < -0.3 is 10.1 Å². The van der Waals surface area contributed by atoms with Crippen molar-refractivity contribution in [3.63, 3.8) is 0 Å². The molecule has 2 N–H and O–H groups in total. The second-order valence-corrected chi connectivity index (χ2v) is 7.78. The van der Waals surface area contributed by atoms with Crippen LogP contribution in [0, 0.1) is 0 Å². The molecule has 0 fully saturated rings. The highest BCUT2D eigenvalue weighted by atomic mass is 35.5. The minimum Gasteiger partial charge on any atom is -0.489 e. The lowest BCUT2D eigenvalue weighted by atomic mass is 10.1. The molecular formula is C19H25ClN2O4S. The molecule has 0 saturated carbocycles. The fourth-order valence-corrected chi connectivity index (χ4v) is 2.51. The van der Waals surface area contributed by atoms with Crippen molar-refractivity contribution < 1.29 is 17.9 Å². The summed E-state index contributed by atoms with van der Waals surface area (Å²) in [6.07, 6.45) is 0.930. The molecule has 2 aromatic carbocycles. The molecule has 6 nitrogen and oxygen atoms in total. The SMILES string of the molecule is CCNCC.CS(=O)(=O)NC(=O)c1ccc(COc2ccc(Cl)cc2)cc1. The largest absolute Gasteiger partial charge is 0.489 e. The third-order valence-electron chi connectivity index (χ3n) is 3.21. The number of amides is 1. The van der Waals surface area contributed by atoms with Crippen molar-refractivity contribution in [1.82, 2.24) is 10.0 Å². The number of carbonyl (C=O) groups is 1. The summed E-state index contributed by atoms with van der Waals surface area (Å²) in [4.78, 5) is 11.6. The van der Waals surface area contributed by atoms with Gasteiger partial charge in [-0.15, -0.1) is 0 Å². The molecule has 0 aliphatic rings. The van der Waals surface area contributed by atoms with Crippen molar-refractivity contribution in [2.45, 2.75) is 20.5 Å². The second kappa shape index (κ2) is 11.6. The van der Waals surface area contributed by atoms with Gasteiger partial charge in [-0.2, -0.15) is 0 Å². The van der Waals surface area contributed by atoms with Crippen LogP contribution in [-0.2, 0) is 16.6 Å². The lowest BCUT2D eigenvalue weighted by molar-refractivity contribution is 0.0981. The third kappa shape index (κ3) is 9.98. The number of benzene rings is 2. The van der Waals surface area contributed by atoms with Crippen LogP contribution in [0.5, 0.6) is 5.75 Å². The highest BCUT2D eigenvalue weighted by Gasteiger charge is 2.10. The zero-order valence-electron chi connectivity index (χ0n) is 15.7. The van der Waals surface area contributed by atoms with E-state index in [1.165, 1.54) is 0 Å². The van der Waals surface area contributed by atoms with Gasteiger partial charge in [0.1, 0.15) is 12.4 Å². The average molecular weight is 413 g/mol. The summed E-state index contributed by atoms with van der Waals surface area (Å²) < 4.78 is 29.5. The van der Waals surface area contributed by atoms with Crippen molar-refractivity contribution in [3.05, 3.63) is 64.7 Å². The van der Waals surface area contributed by atoms with Crippen molar-refractivity contribution in [2.24, 2.45) is 0 Å². The summed E-state index contributed by atoms with van der Waals surface area (Å²) >= 11 is 5.79. The predicted octanol–water partition coefficient (Wildman–Crippen LogP) is 3.22. The molecule has 0 aliphatic heterocycles. The number of nitrogens with one attached hydrogen (secondary N) is 2. The molecular weight excluding hydrogens is 388 g/mol. The van der Waals surface area contributed by atoms with Gasteiger partial charge in [0.25, 0.3) is 5.91 Å². The average Bonchev–Trinajstić information content (AvgIpc) is 2.61. The van der Waals surface area contributed by atoms with E-state index in [1.54, 1.807) is 48.5 Å². The van der Waals surface area contributed by atoms with Gasteiger partial charge in [-0.05, 0) is 55.1 Å². The number of rotatable bonds is 7. The fraction of sp³-hybridized carbons (Fsp3) is 0.316.